The van der Waals surface area contributed by atoms with Gasteiger partial charge in [-0.3, -0.25) is 33.6 Å². The Balaban J connectivity index is 1.17. The summed E-state index contributed by atoms with van der Waals surface area (Å²) in [6.45, 7) is 2.81. The SMILES string of the molecule is O=C(c1ccc2c(c1)C(=O)C(C(=O)NCC1CCOC1)C2=O)c1ccc2c(c1)C(=O)C(C(=O)NCC1CCOC1)C2=O. The van der Waals surface area contributed by atoms with E-state index in [2.05, 4.69) is 10.6 Å². The third-order valence-corrected chi connectivity index (χ3v) is 8.38. The van der Waals surface area contributed by atoms with E-state index in [0.717, 1.165) is 12.8 Å². The number of rotatable bonds is 8. The highest BCUT2D eigenvalue weighted by molar-refractivity contribution is 6.36. The first-order valence-electron chi connectivity index (χ1n) is 13.9. The van der Waals surface area contributed by atoms with Crippen LogP contribution < -0.4 is 10.6 Å². The standard InChI is InChI=1S/C31H28N2O9/c34-25(17-1-3-19-21(9-17)28(37)23(26(19)35)30(39)32-11-15-5-7-41-13-15)18-2-4-20-22(10-18)29(38)24(27(20)36)31(40)33-12-16-6-8-42-14-16/h1-4,9-10,15-16,23-24H,5-8,11-14H2,(H,32,39)(H,33,40). The van der Waals surface area contributed by atoms with Crippen molar-refractivity contribution in [1.29, 1.82) is 0 Å². The molecule has 11 nitrogen and oxygen atoms in total. The van der Waals surface area contributed by atoms with Crippen molar-refractivity contribution in [3.63, 3.8) is 0 Å². The average Bonchev–Trinajstić information content (AvgIpc) is 3.79. The summed E-state index contributed by atoms with van der Waals surface area (Å²) >= 11 is 0. The molecule has 6 rings (SSSR count). The highest BCUT2D eigenvalue weighted by atomic mass is 16.5. The average molecular weight is 573 g/mol. The van der Waals surface area contributed by atoms with Crippen molar-refractivity contribution in [2.75, 3.05) is 39.5 Å². The lowest BCUT2D eigenvalue weighted by atomic mass is 9.96. The van der Waals surface area contributed by atoms with Crippen LogP contribution in [0.3, 0.4) is 0 Å². The smallest absolute Gasteiger partial charge is 0.238 e. The molecule has 0 bridgehead atoms. The van der Waals surface area contributed by atoms with Crippen molar-refractivity contribution in [1.82, 2.24) is 10.6 Å². The molecule has 2 aromatic carbocycles. The van der Waals surface area contributed by atoms with Crippen LogP contribution in [0.1, 0.15) is 70.2 Å². The highest BCUT2D eigenvalue weighted by Crippen LogP contribution is 2.31. The lowest BCUT2D eigenvalue weighted by molar-refractivity contribution is -0.123. The third-order valence-electron chi connectivity index (χ3n) is 8.38. The molecular weight excluding hydrogens is 544 g/mol. The maximum absolute atomic E-state index is 13.4. The molecule has 2 N–H and O–H groups in total. The summed E-state index contributed by atoms with van der Waals surface area (Å²) in [5, 5.41) is 5.34. The molecule has 2 heterocycles. The van der Waals surface area contributed by atoms with Gasteiger partial charge in [0.05, 0.1) is 13.2 Å². The number of Topliss-reactive ketones (excluding diaryl/α,β-unsaturated/α-hetero) is 4. The lowest BCUT2D eigenvalue weighted by Gasteiger charge is -2.11. The molecule has 0 saturated carbocycles. The normalized spacial score (nSPS) is 24.6. The van der Waals surface area contributed by atoms with Gasteiger partial charge in [-0.05, 0) is 37.1 Å². The minimum atomic E-state index is -1.51. The molecule has 4 aliphatic rings. The van der Waals surface area contributed by atoms with Gasteiger partial charge in [0.1, 0.15) is 0 Å². The van der Waals surface area contributed by atoms with Crippen LogP contribution in [0.15, 0.2) is 36.4 Å². The van der Waals surface area contributed by atoms with Crippen LogP contribution in [0, 0.1) is 23.7 Å². The fourth-order valence-corrected chi connectivity index (χ4v) is 5.89. The van der Waals surface area contributed by atoms with Crippen LogP contribution in [0.5, 0.6) is 0 Å². The summed E-state index contributed by atoms with van der Waals surface area (Å²) in [5.74, 6) is -7.31. The Labute approximate surface area is 240 Å². The zero-order valence-corrected chi connectivity index (χ0v) is 22.6. The summed E-state index contributed by atoms with van der Waals surface area (Å²) in [5.41, 5.74) is 0.231. The van der Waals surface area contributed by atoms with Crippen molar-refractivity contribution in [2.45, 2.75) is 12.8 Å². The van der Waals surface area contributed by atoms with Gasteiger partial charge in [0, 0.05) is 71.5 Å². The van der Waals surface area contributed by atoms with E-state index in [1.807, 2.05) is 0 Å². The number of nitrogens with one attached hydrogen (secondary N) is 2. The molecule has 2 amide bonds. The molecular formula is C31H28N2O9. The Morgan fingerprint density at radius 3 is 1.40 bits per heavy atom. The molecule has 11 heteroatoms. The molecule has 0 radical (unpaired) electrons. The first-order valence-corrected chi connectivity index (χ1v) is 13.9. The molecule has 2 fully saturated rings. The maximum Gasteiger partial charge on any atom is 0.238 e. The number of fused-ring (bicyclic) bond motifs is 2. The van der Waals surface area contributed by atoms with Gasteiger partial charge in [0.15, 0.2) is 40.8 Å². The summed E-state index contributed by atoms with van der Waals surface area (Å²) in [4.78, 5) is 90.8. The lowest BCUT2D eigenvalue weighted by Crippen LogP contribution is -2.39. The predicted octanol–water partition coefficient (Wildman–Crippen LogP) is 1.21. The molecule has 0 aromatic heterocycles. The van der Waals surface area contributed by atoms with Crippen molar-refractivity contribution >= 4 is 40.7 Å². The summed E-state index contributed by atoms with van der Waals surface area (Å²) < 4.78 is 10.6. The third kappa shape index (κ3) is 4.88. The molecule has 4 atom stereocenters. The number of carbonyl (C=O) groups excluding carboxylic acids is 7. The fraction of sp³-hybridized carbons (Fsp3) is 0.387. The molecule has 2 saturated heterocycles. The first kappa shape index (κ1) is 27.8. The summed E-state index contributed by atoms with van der Waals surface area (Å²) in [7, 11) is 0. The number of ketones is 5. The fourth-order valence-electron chi connectivity index (χ4n) is 5.89. The van der Waals surface area contributed by atoms with Gasteiger partial charge in [-0.25, -0.2) is 0 Å². The second-order valence-electron chi connectivity index (χ2n) is 11.1. The molecule has 2 aliphatic heterocycles. The van der Waals surface area contributed by atoms with Crippen molar-refractivity contribution in [2.24, 2.45) is 23.7 Å². The van der Waals surface area contributed by atoms with Crippen LogP contribution in [-0.2, 0) is 19.1 Å². The van der Waals surface area contributed by atoms with E-state index in [1.54, 1.807) is 0 Å². The second kappa shape index (κ2) is 11.1. The van der Waals surface area contributed by atoms with Gasteiger partial charge in [-0.1, -0.05) is 12.1 Å². The van der Waals surface area contributed by atoms with Gasteiger partial charge >= 0.3 is 0 Å². The monoisotopic (exact) mass is 572 g/mol. The molecule has 2 aromatic rings. The molecule has 216 valence electrons. The van der Waals surface area contributed by atoms with E-state index in [1.165, 1.54) is 36.4 Å². The largest absolute Gasteiger partial charge is 0.381 e. The molecule has 42 heavy (non-hydrogen) atoms. The zero-order valence-electron chi connectivity index (χ0n) is 22.6. The van der Waals surface area contributed by atoms with Crippen molar-refractivity contribution in [3.05, 3.63) is 69.8 Å². The van der Waals surface area contributed by atoms with Crippen molar-refractivity contribution in [3.8, 4) is 0 Å². The van der Waals surface area contributed by atoms with Gasteiger partial charge < -0.3 is 20.1 Å². The molecule has 2 aliphatic carbocycles. The number of amides is 2. The number of benzene rings is 2. The Morgan fingerprint density at radius 1 is 0.619 bits per heavy atom. The Bertz CT molecular complexity index is 1440. The molecule has 0 spiro atoms. The topological polar surface area (TPSA) is 162 Å². The van der Waals surface area contributed by atoms with Gasteiger partial charge in [-0.15, -0.1) is 0 Å². The first-order chi connectivity index (χ1) is 20.2. The number of hydrogen-bond donors (Lipinski definition) is 2. The highest BCUT2D eigenvalue weighted by Gasteiger charge is 2.45. The molecule has 4 unspecified atom stereocenters. The van der Waals surface area contributed by atoms with E-state index in [4.69, 9.17) is 9.47 Å². The van der Waals surface area contributed by atoms with E-state index in [0.29, 0.717) is 39.5 Å². The van der Waals surface area contributed by atoms with Crippen molar-refractivity contribution < 1.29 is 43.0 Å². The summed E-state index contributed by atoms with van der Waals surface area (Å²) in [6.07, 6.45) is 1.57. The predicted molar refractivity (Wildman–Crippen MR) is 144 cm³/mol. The number of carbonyl (C=O) groups is 7. The second-order valence-corrected chi connectivity index (χ2v) is 11.1. The minimum absolute atomic E-state index is 0.0213. The number of ether oxygens (including phenoxy) is 2. The van der Waals surface area contributed by atoms with E-state index >= 15 is 0 Å². The van der Waals surface area contributed by atoms with Crippen LogP contribution in [0.25, 0.3) is 0 Å². The van der Waals surface area contributed by atoms with Crippen LogP contribution in [0.4, 0.5) is 0 Å². The number of hydrogen-bond acceptors (Lipinski definition) is 9. The van der Waals surface area contributed by atoms with E-state index < -0.39 is 52.6 Å². The Hall–Kier alpha value is -4.35. The van der Waals surface area contributed by atoms with Crippen LogP contribution in [0.2, 0.25) is 0 Å². The van der Waals surface area contributed by atoms with Gasteiger partial charge in [0.2, 0.25) is 11.8 Å². The van der Waals surface area contributed by atoms with E-state index in [9.17, 15) is 33.6 Å². The Morgan fingerprint density at radius 2 is 1.02 bits per heavy atom. The van der Waals surface area contributed by atoms with Gasteiger partial charge in [-0.2, -0.15) is 0 Å². The quantitative estimate of drug-likeness (QED) is 0.350. The van der Waals surface area contributed by atoms with Crippen LogP contribution >= 0.6 is 0 Å². The summed E-state index contributed by atoms with van der Waals surface area (Å²) in [6, 6.07) is 8.01. The Kier molecular flexibility index (Phi) is 7.38. The van der Waals surface area contributed by atoms with Gasteiger partial charge in [0.25, 0.3) is 0 Å². The van der Waals surface area contributed by atoms with Crippen LogP contribution in [-0.4, -0.2) is 80.2 Å². The maximum atomic E-state index is 13.4. The van der Waals surface area contributed by atoms with E-state index in [-0.39, 0.29) is 45.2 Å². The zero-order chi connectivity index (χ0) is 29.5. The minimum Gasteiger partial charge on any atom is -0.381 e.